The highest BCUT2D eigenvalue weighted by Gasteiger charge is 2.39. The molecule has 0 unspecified atom stereocenters. The molecule has 2 bridgehead atoms. The fourth-order valence-electron chi connectivity index (χ4n) is 3.63. The van der Waals surface area contributed by atoms with Crippen molar-refractivity contribution < 1.29 is 4.79 Å². The number of hydrogen-bond donors (Lipinski definition) is 3. The second-order valence-corrected chi connectivity index (χ2v) is 6.56. The zero-order valence-electron chi connectivity index (χ0n) is 11.7. The van der Waals surface area contributed by atoms with Gasteiger partial charge in [0.2, 0.25) is 0 Å². The van der Waals surface area contributed by atoms with Gasteiger partial charge in [0.15, 0.2) is 0 Å². The summed E-state index contributed by atoms with van der Waals surface area (Å²) in [4.78, 5) is 13.4. The highest BCUT2D eigenvalue weighted by Crippen LogP contribution is 2.29. The number of carbonyl (C=O) groups excluding carboxylic acids is 1. The highest BCUT2D eigenvalue weighted by atomic mass is 32.1. The number of benzene rings is 2. The molecule has 2 saturated heterocycles. The maximum absolute atomic E-state index is 12.5. The van der Waals surface area contributed by atoms with Crippen molar-refractivity contribution in [3.63, 3.8) is 0 Å². The molecule has 2 aromatic rings. The van der Waals surface area contributed by atoms with Gasteiger partial charge in [-0.3, -0.25) is 4.79 Å². The van der Waals surface area contributed by atoms with Crippen molar-refractivity contribution in [3.05, 3.63) is 42.0 Å². The number of rotatable bonds is 2. The molecule has 2 aliphatic rings. The van der Waals surface area contributed by atoms with E-state index in [0.717, 1.165) is 22.1 Å². The normalized spacial score (nSPS) is 27.2. The second kappa shape index (κ2) is 5.04. The highest BCUT2D eigenvalue weighted by molar-refractivity contribution is 7.80. The fourth-order valence-corrected chi connectivity index (χ4v) is 3.91. The molecule has 1 amide bonds. The number of nitrogens with one attached hydrogen (secondary N) is 2. The van der Waals surface area contributed by atoms with Crippen LogP contribution in [-0.2, 0) is 0 Å². The van der Waals surface area contributed by atoms with Gasteiger partial charge in [0, 0.05) is 28.6 Å². The van der Waals surface area contributed by atoms with Gasteiger partial charge in [-0.2, -0.15) is 0 Å². The Morgan fingerprint density at radius 1 is 1.24 bits per heavy atom. The van der Waals surface area contributed by atoms with Crippen LogP contribution in [-0.4, -0.2) is 24.0 Å². The summed E-state index contributed by atoms with van der Waals surface area (Å²) in [6.45, 7) is 0. The van der Waals surface area contributed by atoms with Crippen LogP contribution < -0.4 is 10.6 Å². The van der Waals surface area contributed by atoms with Crippen LogP contribution >= 0.6 is 12.6 Å². The second-order valence-electron chi connectivity index (χ2n) is 6.08. The van der Waals surface area contributed by atoms with Crippen molar-refractivity contribution >= 4 is 29.3 Å². The molecule has 3 atom stereocenters. The lowest BCUT2D eigenvalue weighted by Crippen LogP contribution is -2.42. The molecule has 108 valence electrons. The average Bonchev–Trinajstić information content (AvgIpc) is 3.10. The third-order valence-electron chi connectivity index (χ3n) is 4.74. The number of thiol groups is 1. The van der Waals surface area contributed by atoms with Gasteiger partial charge < -0.3 is 10.6 Å². The zero-order chi connectivity index (χ0) is 14.4. The van der Waals surface area contributed by atoms with Crippen molar-refractivity contribution in [1.29, 1.82) is 0 Å². The van der Waals surface area contributed by atoms with E-state index >= 15 is 0 Å². The van der Waals surface area contributed by atoms with Gasteiger partial charge in [0.1, 0.15) is 0 Å². The van der Waals surface area contributed by atoms with Crippen molar-refractivity contribution in [1.82, 2.24) is 10.6 Å². The van der Waals surface area contributed by atoms with Gasteiger partial charge >= 0.3 is 0 Å². The number of amides is 1. The standard InChI is InChI=1S/C17H18N2OS/c20-17(19-15-9-12-6-7-14(15)18-12)11-5-4-10-2-1-3-16(21)13(10)8-11/h1-5,8,12,14-15,18,21H,6-7,9H2,(H,19,20)/t12-,14+,15-/m1/s1. The van der Waals surface area contributed by atoms with Crippen LogP contribution in [0.2, 0.25) is 0 Å². The Bertz CT molecular complexity index is 715. The maximum atomic E-state index is 12.5. The minimum absolute atomic E-state index is 0.0211. The molecular formula is C17H18N2OS. The average molecular weight is 298 g/mol. The van der Waals surface area contributed by atoms with Gasteiger partial charge in [-0.05, 0) is 48.2 Å². The van der Waals surface area contributed by atoms with Crippen LogP contribution in [0.4, 0.5) is 0 Å². The number of hydrogen-bond acceptors (Lipinski definition) is 3. The Morgan fingerprint density at radius 2 is 2.14 bits per heavy atom. The van der Waals surface area contributed by atoms with Crippen LogP contribution in [0.5, 0.6) is 0 Å². The quantitative estimate of drug-likeness (QED) is 0.746. The molecule has 0 saturated carbocycles. The van der Waals surface area contributed by atoms with Crippen molar-refractivity contribution in [2.45, 2.75) is 42.3 Å². The molecule has 0 aliphatic carbocycles. The van der Waals surface area contributed by atoms with E-state index in [1.165, 1.54) is 12.8 Å². The van der Waals surface area contributed by atoms with Crippen LogP contribution in [0.15, 0.2) is 41.3 Å². The first-order valence-corrected chi connectivity index (χ1v) is 7.94. The Kier molecular flexibility index (Phi) is 3.16. The third kappa shape index (κ3) is 2.32. The predicted octanol–water partition coefficient (Wildman–Crippen LogP) is 2.75. The summed E-state index contributed by atoms with van der Waals surface area (Å²) in [6, 6.07) is 13.1. The molecule has 3 nitrogen and oxygen atoms in total. The summed E-state index contributed by atoms with van der Waals surface area (Å²) >= 11 is 4.48. The van der Waals surface area contributed by atoms with E-state index in [0.29, 0.717) is 17.6 Å². The van der Waals surface area contributed by atoms with E-state index in [1.807, 2.05) is 36.4 Å². The molecule has 0 radical (unpaired) electrons. The summed E-state index contributed by atoms with van der Waals surface area (Å²) in [5.74, 6) is 0.0211. The first-order chi connectivity index (χ1) is 10.2. The Balaban J connectivity index is 1.58. The third-order valence-corrected chi connectivity index (χ3v) is 5.13. The molecule has 0 aromatic heterocycles. The monoisotopic (exact) mass is 298 g/mol. The maximum Gasteiger partial charge on any atom is 0.251 e. The van der Waals surface area contributed by atoms with Crippen LogP contribution in [0.25, 0.3) is 10.8 Å². The van der Waals surface area contributed by atoms with Gasteiger partial charge in [-0.1, -0.05) is 18.2 Å². The minimum Gasteiger partial charge on any atom is -0.348 e. The van der Waals surface area contributed by atoms with E-state index in [-0.39, 0.29) is 11.9 Å². The smallest absolute Gasteiger partial charge is 0.251 e. The van der Waals surface area contributed by atoms with E-state index in [1.54, 1.807) is 0 Å². The van der Waals surface area contributed by atoms with Crippen LogP contribution in [0.3, 0.4) is 0 Å². The van der Waals surface area contributed by atoms with Crippen molar-refractivity contribution in [3.8, 4) is 0 Å². The van der Waals surface area contributed by atoms with E-state index in [4.69, 9.17) is 0 Å². The lowest BCUT2D eigenvalue weighted by atomic mass is 9.95. The fraction of sp³-hybridized carbons (Fsp3) is 0.353. The molecule has 2 N–H and O–H groups in total. The summed E-state index contributed by atoms with van der Waals surface area (Å²) in [5.41, 5.74) is 0.715. The minimum atomic E-state index is 0.0211. The van der Waals surface area contributed by atoms with Crippen LogP contribution in [0, 0.1) is 0 Å². The molecule has 2 fully saturated rings. The number of fused-ring (bicyclic) bond motifs is 3. The van der Waals surface area contributed by atoms with Gasteiger partial charge in [-0.15, -0.1) is 12.6 Å². The molecule has 2 heterocycles. The molecule has 2 aliphatic heterocycles. The molecule has 0 spiro atoms. The lowest BCUT2D eigenvalue weighted by molar-refractivity contribution is 0.0931. The first-order valence-electron chi connectivity index (χ1n) is 7.49. The Morgan fingerprint density at radius 3 is 2.90 bits per heavy atom. The SMILES string of the molecule is O=C(N[C@@H]1C[C@H]2CC[C@@H]1N2)c1ccc2cccc(S)c2c1. The van der Waals surface area contributed by atoms with Gasteiger partial charge in [0.05, 0.1) is 0 Å². The summed E-state index contributed by atoms with van der Waals surface area (Å²) < 4.78 is 0. The van der Waals surface area contributed by atoms with E-state index < -0.39 is 0 Å². The predicted molar refractivity (Wildman–Crippen MR) is 87.0 cm³/mol. The van der Waals surface area contributed by atoms with Crippen LogP contribution in [0.1, 0.15) is 29.6 Å². The summed E-state index contributed by atoms with van der Waals surface area (Å²) in [5, 5.41) is 8.87. The summed E-state index contributed by atoms with van der Waals surface area (Å²) in [6.07, 6.45) is 3.48. The van der Waals surface area contributed by atoms with Gasteiger partial charge in [-0.25, -0.2) is 0 Å². The molecule has 4 heteroatoms. The zero-order valence-corrected chi connectivity index (χ0v) is 12.6. The first kappa shape index (κ1) is 13.2. The lowest BCUT2D eigenvalue weighted by Gasteiger charge is -2.21. The molecule has 4 rings (SSSR count). The molecular weight excluding hydrogens is 280 g/mol. The number of carbonyl (C=O) groups is 1. The molecule has 21 heavy (non-hydrogen) atoms. The van der Waals surface area contributed by atoms with E-state index in [2.05, 4.69) is 23.3 Å². The largest absolute Gasteiger partial charge is 0.348 e. The van der Waals surface area contributed by atoms with Crippen molar-refractivity contribution in [2.75, 3.05) is 0 Å². The van der Waals surface area contributed by atoms with Crippen molar-refractivity contribution in [2.24, 2.45) is 0 Å². The topological polar surface area (TPSA) is 41.1 Å². The Labute approximate surface area is 129 Å². The summed E-state index contributed by atoms with van der Waals surface area (Å²) in [7, 11) is 0. The van der Waals surface area contributed by atoms with E-state index in [9.17, 15) is 4.79 Å². The Hall–Kier alpha value is -1.52. The molecule has 2 aromatic carbocycles. The van der Waals surface area contributed by atoms with Gasteiger partial charge in [0.25, 0.3) is 5.91 Å².